The second-order valence-electron chi connectivity index (χ2n) is 7.36. The number of guanidine groups is 1. The normalized spacial score (nSPS) is 24.0. The number of carbonyl (C=O) groups excluding carboxylic acids is 1. The Labute approximate surface area is 183 Å². The number of thiazole rings is 1. The summed E-state index contributed by atoms with van der Waals surface area (Å²) in [7, 11) is 3.31. The van der Waals surface area contributed by atoms with Crippen molar-refractivity contribution in [1.82, 2.24) is 20.5 Å². The molecule has 11 heteroatoms. The Morgan fingerprint density at radius 3 is 2.64 bits per heavy atom. The molecule has 6 nitrogen and oxygen atoms in total. The molecule has 2 fully saturated rings. The highest BCUT2D eigenvalue weighted by atomic mass is 127. The van der Waals surface area contributed by atoms with Crippen molar-refractivity contribution in [3.05, 3.63) is 16.1 Å². The van der Waals surface area contributed by atoms with E-state index >= 15 is 0 Å². The molecule has 0 aliphatic heterocycles. The van der Waals surface area contributed by atoms with E-state index in [1.807, 2.05) is 0 Å². The third-order valence-corrected chi connectivity index (χ3v) is 6.03. The maximum absolute atomic E-state index is 12.7. The van der Waals surface area contributed by atoms with Crippen LogP contribution in [0.25, 0.3) is 0 Å². The average Bonchev–Trinajstić information content (AvgIpc) is 3.32. The van der Waals surface area contributed by atoms with Crippen molar-refractivity contribution in [1.29, 1.82) is 0 Å². The van der Waals surface area contributed by atoms with Gasteiger partial charge in [0.25, 0.3) is 0 Å². The summed E-state index contributed by atoms with van der Waals surface area (Å²) in [6.45, 7) is 0.109. The molecule has 2 saturated carbocycles. The molecule has 0 aromatic carbocycles. The van der Waals surface area contributed by atoms with E-state index in [1.165, 1.54) is 24.2 Å². The lowest BCUT2D eigenvalue weighted by atomic mass is 9.95. The van der Waals surface area contributed by atoms with Gasteiger partial charge in [0, 0.05) is 25.5 Å². The molecule has 1 aromatic rings. The van der Waals surface area contributed by atoms with Gasteiger partial charge in [-0.1, -0.05) is 6.42 Å². The number of carbonyl (C=O) groups is 1. The predicted octanol–water partition coefficient (Wildman–Crippen LogP) is 3.09. The summed E-state index contributed by atoms with van der Waals surface area (Å²) in [5.41, 5.74) is -0.883. The van der Waals surface area contributed by atoms with E-state index in [1.54, 1.807) is 14.1 Å². The zero-order valence-corrected chi connectivity index (χ0v) is 18.9. The average molecular weight is 531 g/mol. The molecule has 2 N–H and O–H groups in total. The van der Waals surface area contributed by atoms with Gasteiger partial charge >= 0.3 is 6.18 Å². The highest BCUT2D eigenvalue weighted by molar-refractivity contribution is 14.0. The minimum Gasteiger partial charge on any atom is -0.353 e. The van der Waals surface area contributed by atoms with Gasteiger partial charge in [-0.3, -0.25) is 4.79 Å². The van der Waals surface area contributed by atoms with E-state index in [4.69, 9.17) is 0 Å². The largest absolute Gasteiger partial charge is 0.434 e. The van der Waals surface area contributed by atoms with Crippen LogP contribution in [0.5, 0.6) is 0 Å². The van der Waals surface area contributed by atoms with Crippen LogP contribution in [0.2, 0.25) is 0 Å². The van der Waals surface area contributed by atoms with Crippen LogP contribution in [-0.4, -0.2) is 48.4 Å². The first-order valence-electron chi connectivity index (χ1n) is 8.99. The maximum Gasteiger partial charge on any atom is 0.434 e. The second-order valence-corrected chi connectivity index (χ2v) is 8.30. The van der Waals surface area contributed by atoms with E-state index in [2.05, 4.69) is 20.6 Å². The summed E-state index contributed by atoms with van der Waals surface area (Å²) in [5, 5.41) is 7.73. The van der Waals surface area contributed by atoms with E-state index < -0.39 is 11.9 Å². The van der Waals surface area contributed by atoms with Gasteiger partial charge < -0.3 is 15.5 Å². The summed E-state index contributed by atoms with van der Waals surface area (Å²) < 4.78 is 38.1. The van der Waals surface area contributed by atoms with Gasteiger partial charge in [-0.25, -0.2) is 9.98 Å². The number of nitrogens with one attached hydrogen (secondary N) is 2. The predicted molar refractivity (Wildman–Crippen MR) is 113 cm³/mol. The molecule has 28 heavy (non-hydrogen) atoms. The maximum atomic E-state index is 12.7. The summed E-state index contributed by atoms with van der Waals surface area (Å²) in [4.78, 5) is 21.2. The Bertz CT molecular complexity index is 709. The Morgan fingerprint density at radius 2 is 2.11 bits per heavy atom. The number of hydrogen-bond donors (Lipinski definition) is 2. The van der Waals surface area contributed by atoms with Crippen LogP contribution in [0.15, 0.2) is 10.4 Å². The van der Waals surface area contributed by atoms with Crippen molar-refractivity contribution in [2.45, 2.75) is 44.4 Å². The van der Waals surface area contributed by atoms with Gasteiger partial charge in [0.1, 0.15) is 11.6 Å². The number of amides is 1. The molecular weight excluding hydrogens is 506 g/mol. The molecule has 2 aliphatic rings. The Balaban J connectivity index is 0.00000280. The Hall–Kier alpha value is -1.11. The summed E-state index contributed by atoms with van der Waals surface area (Å²) in [6, 6.07) is 0.298. The molecule has 3 unspecified atom stereocenters. The van der Waals surface area contributed by atoms with Crippen molar-refractivity contribution in [3.63, 3.8) is 0 Å². The Morgan fingerprint density at radius 1 is 1.36 bits per heavy atom. The van der Waals surface area contributed by atoms with Gasteiger partial charge in [0.2, 0.25) is 5.91 Å². The van der Waals surface area contributed by atoms with Gasteiger partial charge in [0.15, 0.2) is 11.7 Å². The van der Waals surface area contributed by atoms with Crippen LogP contribution < -0.4 is 10.6 Å². The van der Waals surface area contributed by atoms with Crippen LogP contribution in [0.1, 0.15) is 36.4 Å². The number of nitrogens with zero attached hydrogens (tertiary/aromatic N) is 3. The smallest absolute Gasteiger partial charge is 0.353 e. The fraction of sp³-hybridized carbons (Fsp3) is 0.706. The molecule has 1 heterocycles. The van der Waals surface area contributed by atoms with Gasteiger partial charge in [0.05, 0.1) is 6.54 Å². The monoisotopic (exact) mass is 531 g/mol. The number of rotatable bonds is 5. The fourth-order valence-corrected chi connectivity index (χ4v) is 4.46. The van der Waals surface area contributed by atoms with Crippen LogP contribution >= 0.6 is 35.3 Å². The van der Waals surface area contributed by atoms with Crippen molar-refractivity contribution < 1.29 is 18.0 Å². The first kappa shape index (κ1) is 23.2. The first-order chi connectivity index (χ1) is 12.7. The number of likely N-dealkylation sites (N-methyl/N-ethyl adjacent to an activating group) is 1. The standard InChI is InChI=1S/C17H24F3N5OS.HI/c1-25(2)15(26)8-22-16(23-12-6-10-3-4-11(12)5-10)21-7-14-24-13(9-27-14)17(18,19)20;/h9-12H,3-8H2,1-2H3,(H2,21,22,23);1H. The quantitative estimate of drug-likeness (QED) is 0.348. The molecule has 2 bridgehead atoms. The molecule has 2 aliphatic carbocycles. The number of halogens is 4. The molecule has 3 atom stereocenters. The molecule has 1 amide bonds. The first-order valence-corrected chi connectivity index (χ1v) is 9.87. The topological polar surface area (TPSA) is 69.6 Å². The van der Waals surface area contributed by atoms with E-state index in [0.29, 0.717) is 22.9 Å². The third kappa shape index (κ3) is 5.94. The lowest BCUT2D eigenvalue weighted by molar-refractivity contribution is -0.140. The SMILES string of the molecule is CN(C)C(=O)CN=C(NCc1nc(C(F)(F)F)cs1)NC1CC2CCC1C2.I. The van der Waals surface area contributed by atoms with Crippen LogP contribution in [0.3, 0.4) is 0 Å². The number of fused-ring (bicyclic) bond motifs is 2. The van der Waals surface area contributed by atoms with Crippen LogP contribution in [0.4, 0.5) is 13.2 Å². The fourth-order valence-electron chi connectivity index (χ4n) is 3.72. The van der Waals surface area contributed by atoms with Crippen molar-refractivity contribution in [3.8, 4) is 0 Å². The molecule has 1 aromatic heterocycles. The van der Waals surface area contributed by atoms with Crippen LogP contribution in [-0.2, 0) is 17.5 Å². The lowest BCUT2D eigenvalue weighted by Crippen LogP contribution is -2.45. The highest BCUT2D eigenvalue weighted by Crippen LogP contribution is 2.44. The highest BCUT2D eigenvalue weighted by Gasteiger charge is 2.40. The number of aromatic nitrogens is 1. The summed E-state index contributed by atoms with van der Waals surface area (Å²) in [5.74, 6) is 1.65. The molecule has 0 saturated heterocycles. The minimum absolute atomic E-state index is 0. The van der Waals surface area contributed by atoms with Gasteiger partial charge in [-0.05, 0) is 31.1 Å². The van der Waals surface area contributed by atoms with Crippen molar-refractivity contribution in [2.24, 2.45) is 16.8 Å². The Kier molecular flexibility index (Phi) is 7.94. The number of hydrogen-bond acceptors (Lipinski definition) is 4. The van der Waals surface area contributed by atoms with E-state index in [9.17, 15) is 18.0 Å². The van der Waals surface area contributed by atoms with E-state index in [0.717, 1.165) is 29.1 Å². The number of alkyl halides is 3. The molecule has 3 rings (SSSR count). The van der Waals surface area contributed by atoms with Gasteiger partial charge in [-0.2, -0.15) is 13.2 Å². The van der Waals surface area contributed by atoms with Gasteiger partial charge in [-0.15, -0.1) is 35.3 Å². The summed E-state index contributed by atoms with van der Waals surface area (Å²) >= 11 is 0.951. The zero-order chi connectivity index (χ0) is 19.6. The number of aliphatic imine (C=N–C) groups is 1. The second kappa shape index (κ2) is 9.59. The molecular formula is C17H25F3IN5OS. The van der Waals surface area contributed by atoms with Crippen molar-refractivity contribution >= 4 is 47.2 Å². The molecule has 158 valence electrons. The van der Waals surface area contributed by atoms with E-state index in [-0.39, 0.29) is 43.0 Å². The molecule has 0 radical (unpaired) electrons. The molecule has 0 spiro atoms. The van der Waals surface area contributed by atoms with Crippen LogP contribution in [0, 0.1) is 11.8 Å². The van der Waals surface area contributed by atoms with Crippen molar-refractivity contribution in [2.75, 3.05) is 20.6 Å². The minimum atomic E-state index is -4.44. The third-order valence-electron chi connectivity index (χ3n) is 5.18. The zero-order valence-electron chi connectivity index (χ0n) is 15.8. The summed E-state index contributed by atoms with van der Waals surface area (Å²) in [6.07, 6.45) is 0.297. The lowest BCUT2D eigenvalue weighted by Gasteiger charge is -2.25.